The van der Waals surface area contributed by atoms with Crippen LogP contribution in [0.2, 0.25) is 0 Å². The molecular formula is C25H11BrF3N3O4S. The Labute approximate surface area is 217 Å². The molecule has 3 heterocycles. The number of anilines is 1. The molecule has 2 aromatic carbocycles. The van der Waals surface area contributed by atoms with Gasteiger partial charge in [-0.3, -0.25) is 0 Å². The number of hydrogen-bond acceptors (Lipinski definition) is 8. The van der Waals surface area contributed by atoms with Gasteiger partial charge in [0, 0.05) is 44.6 Å². The highest BCUT2D eigenvalue weighted by atomic mass is 79.9. The van der Waals surface area contributed by atoms with Crippen molar-refractivity contribution >= 4 is 60.5 Å². The summed E-state index contributed by atoms with van der Waals surface area (Å²) in [6, 6.07) is 13.0. The third-order valence-corrected chi connectivity index (χ3v) is 6.63. The van der Waals surface area contributed by atoms with E-state index in [4.69, 9.17) is 8.83 Å². The minimum atomic E-state index is -4.72. The number of allylic oxidation sites excluding steroid dienone is 1. The van der Waals surface area contributed by atoms with Gasteiger partial charge in [0.15, 0.2) is 0 Å². The Kier molecular flexibility index (Phi) is 6.18. The lowest BCUT2D eigenvalue weighted by Crippen LogP contribution is -2.11. The fraction of sp³-hybridized carbons (Fsp3) is 0.0400. The third kappa shape index (κ3) is 4.91. The van der Waals surface area contributed by atoms with Crippen LogP contribution >= 0.6 is 27.3 Å². The smallest absolute Gasteiger partial charge is 0.417 e. The van der Waals surface area contributed by atoms with Gasteiger partial charge >= 0.3 is 17.4 Å². The van der Waals surface area contributed by atoms with E-state index in [9.17, 15) is 28.0 Å². The van der Waals surface area contributed by atoms with Crippen LogP contribution in [-0.2, 0) is 6.18 Å². The van der Waals surface area contributed by atoms with Crippen LogP contribution in [0, 0.1) is 11.3 Å². The number of aromatic nitrogens is 1. The van der Waals surface area contributed by atoms with Gasteiger partial charge in [-0.05, 0) is 36.4 Å². The van der Waals surface area contributed by atoms with E-state index < -0.39 is 23.0 Å². The van der Waals surface area contributed by atoms with E-state index in [1.807, 2.05) is 6.07 Å². The van der Waals surface area contributed by atoms with Gasteiger partial charge in [-0.1, -0.05) is 15.9 Å². The first-order chi connectivity index (χ1) is 17.6. The molecule has 0 bridgehead atoms. The summed E-state index contributed by atoms with van der Waals surface area (Å²) in [5.74, 6) is 0. The Morgan fingerprint density at radius 3 is 2.65 bits per heavy atom. The Bertz CT molecular complexity index is 1880. The van der Waals surface area contributed by atoms with Crippen LogP contribution < -0.4 is 16.6 Å². The van der Waals surface area contributed by atoms with Gasteiger partial charge < -0.3 is 14.2 Å². The van der Waals surface area contributed by atoms with Crippen molar-refractivity contribution < 1.29 is 22.0 Å². The highest BCUT2D eigenvalue weighted by Crippen LogP contribution is 2.35. The van der Waals surface area contributed by atoms with E-state index in [0.29, 0.717) is 27.7 Å². The number of rotatable bonds is 4. The van der Waals surface area contributed by atoms with Crippen LogP contribution in [0.4, 0.5) is 18.9 Å². The summed E-state index contributed by atoms with van der Waals surface area (Å²) in [6.45, 7) is 0. The van der Waals surface area contributed by atoms with Gasteiger partial charge in [-0.25, -0.2) is 14.6 Å². The lowest BCUT2D eigenvalue weighted by molar-refractivity contribution is -0.136. The third-order valence-electron chi connectivity index (χ3n) is 5.26. The van der Waals surface area contributed by atoms with Gasteiger partial charge in [0.05, 0.1) is 16.8 Å². The summed E-state index contributed by atoms with van der Waals surface area (Å²) in [4.78, 5) is 28.5. The molecule has 37 heavy (non-hydrogen) atoms. The van der Waals surface area contributed by atoms with Gasteiger partial charge in [-0.15, -0.1) is 11.3 Å². The molecule has 0 fully saturated rings. The van der Waals surface area contributed by atoms with Crippen molar-refractivity contribution in [1.29, 1.82) is 5.26 Å². The van der Waals surface area contributed by atoms with Crippen LogP contribution in [0.3, 0.4) is 0 Å². The maximum absolute atomic E-state index is 13.3. The number of fused-ring (bicyclic) bond motifs is 2. The Morgan fingerprint density at radius 1 is 1.08 bits per heavy atom. The molecule has 0 spiro atoms. The summed E-state index contributed by atoms with van der Waals surface area (Å²) in [7, 11) is 0. The average molecular weight is 586 g/mol. The fourth-order valence-corrected chi connectivity index (χ4v) is 4.74. The van der Waals surface area contributed by atoms with E-state index in [0.717, 1.165) is 15.8 Å². The number of nitrogens with one attached hydrogen (secondary N) is 1. The van der Waals surface area contributed by atoms with Gasteiger partial charge in [-0.2, -0.15) is 18.4 Å². The van der Waals surface area contributed by atoms with E-state index in [1.54, 1.807) is 29.6 Å². The standard InChI is InChI=1S/C25H11BrF3N3O4S/c26-14-1-4-20-12(5-14)6-17(24(34)36-20)19-11-37-23(32-19)13(9-30)10-31-15-2-3-16-18(25(27,28)29)8-22(33)35-21(16)7-15/h1-8,10-11,31H/b13-10-. The van der Waals surface area contributed by atoms with Crippen molar-refractivity contribution in [2.24, 2.45) is 0 Å². The predicted molar refractivity (Wildman–Crippen MR) is 136 cm³/mol. The molecule has 7 nitrogen and oxygen atoms in total. The topological polar surface area (TPSA) is 109 Å². The van der Waals surface area contributed by atoms with Crippen molar-refractivity contribution in [3.05, 3.63) is 96.0 Å². The normalized spacial score (nSPS) is 12.1. The summed E-state index contributed by atoms with van der Waals surface area (Å²) in [5.41, 5.74) is -1.72. The number of nitrogens with zero attached hydrogens (tertiary/aromatic N) is 2. The second kappa shape index (κ2) is 9.34. The average Bonchev–Trinajstić information content (AvgIpc) is 3.32. The Hall–Kier alpha value is -4.21. The molecule has 0 saturated heterocycles. The maximum atomic E-state index is 13.3. The van der Waals surface area contributed by atoms with E-state index >= 15 is 0 Å². The first-order valence-electron chi connectivity index (χ1n) is 10.3. The van der Waals surface area contributed by atoms with Gasteiger partial charge in [0.2, 0.25) is 0 Å². The molecule has 12 heteroatoms. The first-order valence-corrected chi connectivity index (χ1v) is 12.0. The first kappa shape index (κ1) is 24.5. The number of alkyl halides is 3. The lowest BCUT2D eigenvalue weighted by atomic mass is 10.1. The second-order valence-corrected chi connectivity index (χ2v) is 9.44. The van der Waals surface area contributed by atoms with E-state index in [1.165, 1.54) is 24.4 Å². The quantitative estimate of drug-likeness (QED) is 0.183. The molecular weight excluding hydrogens is 575 g/mol. The summed E-state index contributed by atoms with van der Waals surface area (Å²) in [5, 5.41) is 14.8. The minimum absolute atomic E-state index is 0.106. The number of halogens is 4. The zero-order valence-corrected chi connectivity index (χ0v) is 20.6. The SMILES string of the molecule is N#C/C(=C/Nc1ccc2c(C(F)(F)F)cc(=O)oc2c1)c1nc(-c2cc3cc(Br)ccc3oc2=O)cs1. The number of nitriles is 1. The van der Waals surface area contributed by atoms with Crippen LogP contribution in [0.1, 0.15) is 10.6 Å². The number of benzene rings is 2. The fourth-order valence-electron chi connectivity index (χ4n) is 3.58. The molecule has 0 aliphatic carbocycles. The van der Waals surface area contributed by atoms with Gasteiger partial charge in [0.25, 0.3) is 0 Å². The van der Waals surface area contributed by atoms with E-state index in [2.05, 4.69) is 26.2 Å². The van der Waals surface area contributed by atoms with Gasteiger partial charge in [0.1, 0.15) is 27.8 Å². The summed E-state index contributed by atoms with van der Waals surface area (Å²) < 4.78 is 50.9. The maximum Gasteiger partial charge on any atom is 0.417 e. The minimum Gasteiger partial charge on any atom is -0.423 e. The molecule has 3 aromatic heterocycles. The molecule has 1 N–H and O–H groups in total. The highest BCUT2D eigenvalue weighted by molar-refractivity contribution is 9.10. The summed E-state index contributed by atoms with van der Waals surface area (Å²) in [6.07, 6.45) is -3.41. The van der Waals surface area contributed by atoms with Crippen molar-refractivity contribution in [2.75, 3.05) is 5.32 Å². The molecule has 0 unspecified atom stereocenters. The molecule has 0 aliphatic heterocycles. The zero-order valence-electron chi connectivity index (χ0n) is 18.2. The molecule has 5 aromatic rings. The molecule has 0 radical (unpaired) electrons. The van der Waals surface area contributed by atoms with Crippen molar-refractivity contribution in [2.45, 2.75) is 6.18 Å². The summed E-state index contributed by atoms with van der Waals surface area (Å²) >= 11 is 4.50. The second-order valence-electron chi connectivity index (χ2n) is 7.67. The molecule has 0 aliphatic rings. The molecule has 184 valence electrons. The van der Waals surface area contributed by atoms with Crippen molar-refractivity contribution in [3.63, 3.8) is 0 Å². The van der Waals surface area contributed by atoms with Crippen LogP contribution in [0.15, 0.2) is 83.0 Å². The van der Waals surface area contributed by atoms with Crippen LogP contribution in [0.5, 0.6) is 0 Å². The largest absolute Gasteiger partial charge is 0.423 e. The lowest BCUT2D eigenvalue weighted by Gasteiger charge is -2.10. The van der Waals surface area contributed by atoms with Crippen LogP contribution in [0.25, 0.3) is 38.8 Å². The zero-order chi connectivity index (χ0) is 26.3. The highest BCUT2D eigenvalue weighted by Gasteiger charge is 2.33. The Morgan fingerprint density at radius 2 is 1.89 bits per heavy atom. The molecule has 0 amide bonds. The molecule has 0 saturated carbocycles. The van der Waals surface area contributed by atoms with Crippen molar-refractivity contribution in [1.82, 2.24) is 4.98 Å². The molecule has 0 atom stereocenters. The molecule has 5 rings (SSSR count). The van der Waals surface area contributed by atoms with E-state index in [-0.39, 0.29) is 27.8 Å². The number of thiazole rings is 1. The number of hydrogen-bond donors (Lipinski definition) is 1. The van der Waals surface area contributed by atoms with Crippen LogP contribution in [-0.4, -0.2) is 4.98 Å². The predicted octanol–water partition coefficient (Wildman–Crippen LogP) is 6.78. The monoisotopic (exact) mass is 585 g/mol. The Balaban J connectivity index is 1.46. The van der Waals surface area contributed by atoms with Crippen molar-refractivity contribution in [3.8, 4) is 17.3 Å².